The molecule has 0 aliphatic rings. The lowest BCUT2D eigenvalue weighted by Crippen LogP contribution is -2.25. The highest BCUT2D eigenvalue weighted by molar-refractivity contribution is 7.90. The summed E-state index contributed by atoms with van der Waals surface area (Å²) in [4.78, 5) is 12.4. The van der Waals surface area contributed by atoms with E-state index in [1.54, 1.807) is 51.1 Å². The number of sulfone groups is 1. The molecule has 24 heavy (non-hydrogen) atoms. The average Bonchev–Trinajstić information content (AvgIpc) is 2.47. The van der Waals surface area contributed by atoms with Gasteiger partial charge in [0.15, 0.2) is 9.84 Å². The summed E-state index contributed by atoms with van der Waals surface area (Å²) in [6.07, 6.45) is 1.18. The molecular formula is C19H22O4S. The molecule has 0 aromatic heterocycles. The fourth-order valence-electron chi connectivity index (χ4n) is 2.04. The molecule has 0 heterocycles. The van der Waals surface area contributed by atoms with Gasteiger partial charge in [-0.25, -0.2) is 8.42 Å². The van der Waals surface area contributed by atoms with E-state index in [2.05, 4.69) is 0 Å². The average molecular weight is 346 g/mol. The van der Waals surface area contributed by atoms with Crippen LogP contribution < -0.4 is 4.74 Å². The Kier molecular flexibility index (Phi) is 4.85. The molecule has 0 bridgehead atoms. The monoisotopic (exact) mass is 346 g/mol. The highest BCUT2D eigenvalue weighted by Gasteiger charge is 2.24. The lowest BCUT2D eigenvalue weighted by Gasteiger charge is -2.18. The van der Waals surface area contributed by atoms with Crippen LogP contribution in [0.5, 0.6) is 5.75 Å². The molecule has 5 heteroatoms. The van der Waals surface area contributed by atoms with Crippen LogP contribution in [0.4, 0.5) is 0 Å². The third-order valence-corrected chi connectivity index (χ3v) is 4.75. The van der Waals surface area contributed by atoms with Crippen LogP contribution >= 0.6 is 0 Å². The van der Waals surface area contributed by atoms with Gasteiger partial charge in [-0.2, -0.15) is 0 Å². The van der Waals surface area contributed by atoms with E-state index in [4.69, 9.17) is 4.74 Å². The van der Waals surface area contributed by atoms with Crippen LogP contribution in [0.1, 0.15) is 26.3 Å². The molecule has 0 N–H and O–H groups in total. The van der Waals surface area contributed by atoms with Gasteiger partial charge in [0.2, 0.25) is 0 Å². The van der Waals surface area contributed by atoms with E-state index in [-0.39, 0.29) is 10.9 Å². The molecule has 0 radical (unpaired) electrons. The zero-order chi connectivity index (χ0) is 18.1. The SMILES string of the molecule is Cc1ccc(-c2ccc(S(C)(=O)=O)cc2)cc1OC(=O)C(C)(C)C. The molecule has 2 aromatic carbocycles. The van der Waals surface area contributed by atoms with E-state index in [1.807, 2.05) is 19.1 Å². The van der Waals surface area contributed by atoms with Gasteiger partial charge in [0, 0.05) is 6.26 Å². The maximum atomic E-state index is 12.1. The number of esters is 1. The van der Waals surface area contributed by atoms with Crippen molar-refractivity contribution in [2.45, 2.75) is 32.6 Å². The van der Waals surface area contributed by atoms with Crippen molar-refractivity contribution in [2.24, 2.45) is 5.41 Å². The Bertz CT molecular complexity index is 857. The number of carbonyl (C=O) groups is 1. The van der Waals surface area contributed by atoms with Gasteiger partial charge < -0.3 is 4.74 Å². The lowest BCUT2D eigenvalue weighted by atomic mass is 9.97. The van der Waals surface area contributed by atoms with Gasteiger partial charge in [-0.15, -0.1) is 0 Å². The quantitative estimate of drug-likeness (QED) is 0.622. The zero-order valence-electron chi connectivity index (χ0n) is 14.6. The Balaban J connectivity index is 2.36. The molecule has 0 spiro atoms. The maximum Gasteiger partial charge on any atom is 0.316 e. The van der Waals surface area contributed by atoms with Crippen LogP contribution in [0.25, 0.3) is 11.1 Å². The molecule has 0 saturated heterocycles. The van der Waals surface area contributed by atoms with E-state index < -0.39 is 15.3 Å². The second-order valence-corrected chi connectivity index (χ2v) is 8.93. The summed E-state index contributed by atoms with van der Waals surface area (Å²) in [5.41, 5.74) is 2.00. The fraction of sp³-hybridized carbons (Fsp3) is 0.316. The van der Waals surface area contributed by atoms with Gasteiger partial charge in [0.1, 0.15) is 5.75 Å². The van der Waals surface area contributed by atoms with Crippen LogP contribution in [-0.2, 0) is 14.6 Å². The second-order valence-electron chi connectivity index (χ2n) is 6.92. The van der Waals surface area contributed by atoms with E-state index in [9.17, 15) is 13.2 Å². The second kappa shape index (κ2) is 6.40. The first-order valence-corrected chi connectivity index (χ1v) is 9.51. The number of rotatable bonds is 3. The fourth-order valence-corrected chi connectivity index (χ4v) is 2.67. The molecule has 128 valence electrons. The Morgan fingerprint density at radius 1 is 0.958 bits per heavy atom. The minimum atomic E-state index is -3.22. The van der Waals surface area contributed by atoms with Gasteiger partial charge in [-0.05, 0) is 62.6 Å². The summed E-state index contributed by atoms with van der Waals surface area (Å²) in [6, 6.07) is 12.2. The van der Waals surface area contributed by atoms with Crippen molar-refractivity contribution in [3.63, 3.8) is 0 Å². The number of hydrogen-bond donors (Lipinski definition) is 0. The molecule has 0 aliphatic carbocycles. The predicted octanol–water partition coefficient (Wildman–Crippen LogP) is 4.02. The lowest BCUT2D eigenvalue weighted by molar-refractivity contribution is -0.143. The van der Waals surface area contributed by atoms with Gasteiger partial charge in [0.05, 0.1) is 10.3 Å². The largest absolute Gasteiger partial charge is 0.426 e. The molecule has 0 unspecified atom stereocenters. The number of ether oxygens (including phenoxy) is 1. The topological polar surface area (TPSA) is 60.4 Å². The molecule has 0 amide bonds. The Labute approximate surface area is 143 Å². The van der Waals surface area contributed by atoms with E-state index in [0.29, 0.717) is 5.75 Å². The number of benzene rings is 2. The van der Waals surface area contributed by atoms with Gasteiger partial charge in [0.25, 0.3) is 0 Å². The summed E-state index contributed by atoms with van der Waals surface area (Å²) < 4.78 is 28.6. The van der Waals surface area contributed by atoms with Crippen LogP contribution in [0, 0.1) is 12.3 Å². The maximum absolute atomic E-state index is 12.1. The Morgan fingerprint density at radius 2 is 1.50 bits per heavy atom. The molecule has 0 saturated carbocycles. The third kappa shape index (κ3) is 4.23. The first-order chi connectivity index (χ1) is 11.0. The summed E-state index contributed by atoms with van der Waals surface area (Å²) in [7, 11) is -3.22. The molecular weight excluding hydrogens is 324 g/mol. The molecule has 4 nitrogen and oxygen atoms in total. The van der Waals surface area contributed by atoms with Crippen molar-refractivity contribution in [1.29, 1.82) is 0 Å². The van der Waals surface area contributed by atoms with Crippen LogP contribution in [0.2, 0.25) is 0 Å². The summed E-state index contributed by atoms with van der Waals surface area (Å²) in [6.45, 7) is 7.29. The first-order valence-electron chi connectivity index (χ1n) is 7.62. The normalized spacial score (nSPS) is 12.0. The highest BCUT2D eigenvalue weighted by atomic mass is 32.2. The van der Waals surface area contributed by atoms with Crippen molar-refractivity contribution in [3.05, 3.63) is 48.0 Å². The molecule has 2 rings (SSSR count). The summed E-state index contributed by atoms with van der Waals surface area (Å²) >= 11 is 0. The standard InChI is InChI=1S/C19H22O4S/c1-13-6-7-15(12-17(13)23-18(20)19(2,3)4)14-8-10-16(11-9-14)24(5,21)22/h6-12H,1-5H3. The van der Waals surface area contributed by atoms with Crippen LogP contribution in [0.15, 0.2) is 47.4 Å². The third-order valence-electron chi connectivity index (χ3n) is 3.62. The molecule has 2 aromatic rings. The molecule has 0 aliphatic heterocycles. The van der Waals surface area contributed by atoms with Gasteiger partial charge >= 0.3 is 5.97 Å². The molecule has 0 atom stereocenters. The van der Waals surface area contributed by atoms with E-state index in [0.717, 1.165) is 16.7 Å². The number of carbonyl (C=O) groups excluding carboxylic acids is 1. The summed E-state index contributed by atoms with van der Waals surface area (Å²) in [5, 5.41) is 0. The van der Waals surface area contributed by atoms with Gasteiger partial charge in [-0.3, -0.25) is 4.79 Å². The Morgan fingerprint density at radius 3 is 2.00 bits per heavy atom. The van der Waals surface area contributed by atoms with Crippen LogP contribution in [-0.4, -0.2) is 20.6 Å². The highest BCUT2D eigenvalue weighted by Crippen LogP contribution is 2.29. The van der Waals surface area contributed by atoms with E-state index in [1.165, 1.54) is 6.26 Å². The first kappa shape index (κ1) is 18.2. The zero-order valence-corrected chi connectivity index (χ0v) is 15.4. The van der Waals surface area contributed by atoms with Crippen molar-refractivity contribution < 1.29 is 17.9 Å². The van der Waals surface area contributed by atoms with E-state index >= 15 is 0 Å². The minimum absolute atomic E-state index is 0.276. The molecule has 0 fully saturated rings. The van der Waals surface area contributed by atoms with Crippen molar-refractivity contribution in [1.82, 2.24) is 0 Å². The minimum Gasteiger partial charge on any atom is -0.426 e. The van der Waals surface area contributed by atoms with Gasteiger partial charge in [-0.1, -0.05) is 24.3 Å². The smallest absolute Gasteiger partial charge is 0.316 e. The number of aryl methyl sites for hydroxylation is 1. The van der Waals surface area contributed by atoms with Crippen molar-refractivity contribution in [2.75, 3.05) is 6.26 Å². The Hall–Kier alpha value is -2.14. The van der Waals surface area contributed by atoms with Crippen LogP contribution in [0.3, 0.4) is 0 Å². The van der Waals surface area contributed by atoms with Crippen molar-refractivity contribution >= 4 is 15.8 Å². The van der Waals surface area contributed by atoms with Crippen molar-refractivity contribution in [3.8, 4) is 16.9 Å². The predicted molar refractivity (Wildman–Crippen MR) is 94.8 cm³/mol. The number of hydrogen-bond acceptors (Lipinski definition) is 4. The summed E-state index contributed by atoms with van der Waals surface area (Å²) in [5.74, 6) is 0.217.